The van der Waals surface area contributed by atoms with Crippen molar-refractivity contribution in [1.82, 2.24) is 4.57 Å². The number of nitrogens with zero attached hydrogens (tertiary/aromatic N) is 2. The SMILES string of the molecule is N#Cc1ccc(Cn2ccsc2=O)c(F)c1. The molecule has 2 rings (SSSR count). The van der Waals surface area contributed by atoms with Crippen molar-refractivity contribution in [2.24, 2.45) is 0 Å². The molecule has 0 spiro atoms. The summed E-state index contributed by atoms with van der Waals surface area (Å²) in [6.07, 6.45) is 1.62. The van der Waals surface area contributed by atoms with Crippen molar-refractivity contribution in [2.45, 2.75) is 6.54 Å². The van der Waals surface area contributed by atoms with E-state index in [4.69, 9.17) is 5.26 Å². The van der Waals surface area contributed by atoms with E-state index in [2.05, 4.69) is 0 Å². The zero-order valence-electron chi connectivity index (χ0n) is 8.18. The molecule has 1 aromatic heterocycles. The Kier molecular flexibility index (Phi) is 2.84. The molecule has 1 aromatic carbocycles. The highest BCUT2D eigenvalue weighted by atomic mass is 32.1. The van der Waals surface area contributed by atoms with Gasteiger partial charge >= 0.3 is 4.87 Å². The molecule has 0 amide bonds. The second-order valence-corrected chi connectivity index (χ2v) is 4.07. The average molecular weight is 234 g/mol. The summed E-state index contributed by atoms with van der Waals surface area (Å²) in [6, 6.07) is 6.10. The van der Waals surface area contributed by atoms with E-state index >= 15 is 0 Å². The van der Waals surface area contributed by atoms with Crippen LogP contribution < -0.4 is 4.87 Å². The van der Waals surface area contributed by atoms with E-state index in [9.17, 15) is 9.18 Å². The summed E-state index contributed by atoms with van der Waals surface area (Å²) in [4.78, 5) is 11.1. The van der Waals surface area contributed by atoms with Crippen LogP contribution in [0.4, 0.5) is 4.39 Å². The molecule has 2 aromatic rings. The fourth-order valence-electron chi connectivity index (χ4n) is 1.34. The van der Waals surface area contributed by atoms with Crippen LogP contribution in [0, 0.1) is 17.1 Å². The van der Waals surface area contributed by atoms with E-state index in [0.29, 0.717) is 5.56 Å². The van der Waals surface area contributed by atoms with Crippen LogP contribution in [0.3, 0.4) is 0 Å². The number of halogens is 1. The molecule has 0 radical (unpaired) electrons. The fourth-order valence-corrected chi connectivity index (χ4v) is 1.92. The van der Waals surface area contributed by atoms with E-state index in [1.807, 2.05) is 6.07 Å². The first kappa shape index (κ1) is 10.6. The third-order valence-corrected chi connectivity index (χ3v) is 2.86. The van der Waals surface area contributed by atoms with Crippen molar-refractivity contribution in [3.8, 4) is 6.07 Å². The van der Waals surface area contributed by atoms with Crippen molar-refractivity contribution in [3.05, 3.63) is 56.4 Å². The van der Waals surface area contributed by atoms with E-state index < -0.39 is 5.82 Å². The van der Waals surface area contributed by atoms with Crippen molar-refractivity contribution >= 4 is 11.3 Å². The van der Waals surface area contributed by atoms with Crippen LogP contribution in [0.1, 0.15) is 11.1 Å². The number of rotatable bonds is 2. The van der Waals surface area contributed by atoms with E-state index in [1.165, 1.54) is 22.8 Å². The molecule has 16 heavy (non-hydrogen) atoms. The number of aromatic nitrogens is 1. The van der Waals surface area contributed by atoms with Crippen molar-refractivity contribution in [3.63, 3.8) is 0 Å². The van der Waals surface area contributed by atoms with Crippen LogP contribution in [-0.4, -0.2) is 4.57 Å². The van der Waals surface area contributed by atoms with Gasteiger partial charge in [0.1, 0.15) is 5.82 Å². The summed E-state index contributed by atoms with van der Waals surface area (Å²) in [5.74, 6) is -0.461. The molecule has 1 heterocycles. The van der Waals surface area contributed by atoms with Crippen molar-refractivity contribution in [2.75, 3.05) is 0 Å². The first-order chi connectivity index (χ1) is 7.70. The van der Waals surface area contributed by atoms with E-state index in [1.54, 1.807) is 11.6 Å². The minimum Gasteiger partial charge on any atom is -0.301 e. The zero-order valence-corrected chi connectivity index (χ0v) is 9.00. The monoisotopic (exact) mass is 234 g/mol. The second kappa shape index (κ2) is 4.29. The summed E-state index contributed by atoms with van der Waals surface area (Å²) in [5.41, 5.74) is 0.679. The third kappa shape index (κ3) is 2.02. The Morgan fingerprint density at radius 2 is 2.31 bits per heavy atom. The van der Waals surface area contributed by atoms with Crippen LogP contribution >= 0.6 is 11.3 Å². The van der Waals surface area contributed by atoms with Gasteiger partial charge in [0.15, 0.2) is 0 Å². The molecule has 80 valence electrons. The molecule has 0 saturated carbocycles. The number of hydrogen-bond donors (Lipinski definition) is 0. The number of thiazole rings is 1. The Bertz CT molecular complexity index is 609. The van der Waals surface area contributed by atoms with Crippen LogP contribution in [0.25, 0.3) is 0 Å². The van der Waals surface area contributed by atoms with Gasteiger partial charge in [-0.25, -0.2) is 4.39 Å². The molecule has 0 aliphatic heterocycles. The van der Waals surface area contributed by atoms with Gasteiger partial charge in [-0.15, -0.1) is 0 Å². The summed E-state index contributed by atoms with van der Waals surface area (Å²) in [7, 11) is 0. The lowest BCUT2D eigenvalue weighted by Gasteiger charge is -2.03. The number of hydrogen-bond acceptors (Lipinski definition) is 3. The molecule has 0 unspecified atom stereocenters. The van der Waals surface area contributed by atoms with Gasteiger partial charge in [0.05, 0.1) is 18.2 Å². The Hall–Kier alpha value is -1.93. The van der Waals surface area contributed by atoms with Gasteiger partial charge in [0.25, 0.3) is 0 Å². The predicted molar refractivity (Wildman–Crippen MR) is 58.8 cm³/mol. The lowest BCUT2D eigenvalue weighted by Crippen LogP contribution is -2.13. The van der Waals surface area contributed by atoms with Gasteiger partial charge in [-0.05, 0) is 12.1 Å². The molecular weight excluding hydrogens is 227 g/mol. The Labute approximate surface area is 95.0 Å². The first-order valence-corrected chi connectivity index (χ1v) is 5.41. The highest BCUT2D eigenvalue weighted by Crippen LogP contribution is 2.11. The second-order valence-electron chi connectivity index (χ2n) is 3.21. The molecule has 0 fully saturated rings. The van der Waals surface area contributed by atoms with Gasteiger partial charge in [0, 0.05) is 17.1 Å². The Balaban J connectivity index is 2.33. The minimum atomic E-state index is -0.461. The predicted octanol–water partition coefficient (Wildman–Crippen LogP) is 1.97. The van der Waals surface area contributed by atoms with Gasteiger partial charge in [-0.3, -0.25) is 4.79 Å². The third-order valence-electron chi connectivity index (χ3n) is 2.17. The van der Waals surface area contributed by atoms with Crippen molar-refractivity contribution < 1.29 is 4.39 Å². The maximum Gasteiger partial charge on any atom is 0.307 e. The molecule has 0 saturated heterocycles. The number of benzene rings is 1. The van der Waals surface area contributed by atoms with Crippen LogP contribution in [0.15, 0.2) is 34.6 Å². The van der Waals surface area contributed by atoms with E-state index in [-0.39, 0.29) is 17.0 Å². The van der Waals surface area contributed by atoms with Crippen molar-refractivity contribution in [1.29, 1.82) is 5.26 Å². The van der Waals surface area contributed by atoms with Crippen LogP contribution in [-0.2, 0) is 6.54 Å². The van der Waals surface area contributed by atoms with E-state index in [0.717, 1.165) is 11.3 Å². The number of nitriles is 1. The Morgan fingerprint density at radius 3 is 2.88 bits per heavy atom. The maximum absolute atomic E-state index is 13.5. The molecular formula is C11H7FN2OS. The molecule has 0 aliphatic carbocycles. The normalized spacial score (nSPS) is 10.0. The molecule has 3 nitrogen and oxygen atoms in total. The maximum atomic E-state index is 13.5. The summed E-state index contributed by atoms with van der Waals surface area (Å²) in [6.45, 7) is 0.194. The lowest BCUT2D eigenvalue weighted by atomic mass is 10.1. The summed E-state index contributed by atoms with van der Waals surface area (Å²) in [5, 5.41) is 10.2. The largest absolute Gasteiger partial charge is 0.307 e. The standard InChI is InChI=1S/C11H7FN2OS/c12-10-5-8(6-13)1-2-9(10)7-14-3-4-16-11(14)15/h1-5H,7H2. The molecule has 0 bridgehead atoms. The topological polar surface area (TPSA) is 45.8 Å². The lowest BCUT2D eigenvalue weighted by molar-refractivity contribution is 0.598. The van der Waals surface area contributed by atoms with Gasteiger partial charge in [0.2, 0.25) is 0 Å². The van der Waals surface area contributed by atoms with Gasteiger partial charge in [-0.1, -0.05) is 17.4 Å². The highest BCUT2D eigenvalue weighted by molar-refractivity contribution is 7.07. The molecule has 0 N–H and O–H groups in total. The average Bonchev–Trinajstić information content (AvgIpc) is 2.67. The van der Waals surface area contributed by atoms with Crippen LogP contribution in [0.5, 0.6) is 0 Å². The quantitative estimate of drug-likeness (QED) is 0.797. The zero-order chi connectivity index (χ0) is 11.5. The van der Waals surface area contributed by atoms with Gasteiger partial charge < -0.3 is 4.57 Å². The molecule has 0 aliphatic rings. The first-order valence-electron chi connectivity index (χ1n) is 4.53. The minimum absolute atomic E-state index is 0.122. The molecule has 5 heteroatoms. The summed E-state index contributed by atoms with van der Waals surface area (Å²) >= 11 is 1.07. The smallest absolute Gasteiger partial charge is 0.301 e. The molecule has 0 atom stereocenters. The van der Waals surface area contributed by atoms with Crippen LogP contribution in [0.2, 0.25) is 0 Å². The highest BCUT2D eigenvalue weighted by Gasteiger charge is 2.05. The Morgan fingerprint density at radius 1 is 1.50 bits per heavy atom. The van der Waals surface area contributed by atoms with Gasteiger partial charge in [-0.2, -0.15) is 5.26 Å². The summed E-state index contributed by atoms with van der Waals surface area (Å²) < 4.78 is 14.9. The fraction of sp³-hybridized carbons (Fsp3) is 0.0909.